The predicted molar refractivity (Wildman–Crippen MR) is 126 cm³/mol. The lowest BCUT2D eigenvalue weighted by molar-refractivity contribution is -0.144. The number of ether oxygens (including phenoxy) is 1. The van der Waals surface area contributed by atoms with Crippen LogP contribution in [0.15, 0.2) is 12.1 Å². The molecule has 0 bridgehead atoms. The Hall–Kier alpha value is -3.25. The van der Waals surface area contributed by atoms with Gasteiger partial charge in [0.15, 0.2) is 11.5 Å². The lowest BCUT2D eigenvalue weighted by Crippen LogP contribution is -2.45. The Bertz CT molecular complexity index is 1170. The van der Waals surface area contributed by atoms with Crippen LogP contribution < -0.4 is 5.73 Å². The van der Waals surface area contributed by atoms with Crippen molar-refractivity contribution >= 4 is 28.4 Å². The van der Waals surface area contributed by atoms with Crippen LogP contribution in [0.4, 0.5) is 10.3 Å². The second kappa shape index (κ2) is 10.1. The van der Waals surface area contributed by atoms with Crippen molar-refractivity contribution in [3.05, 3.63) is 29.3 Å². The van der Waals surface area contributed by atoms with Crippen molar-refractivity contribution in [1.82, 2.24) is 24.5 Å². The number of nitrogens with zero attached hydrogens (tertiary/aromatic N) is 5. The third-order valence-electron chi connectivity index (χ3n) is 6.43. The van der Waals surface area contributed by atoms with E-state index < -0.39 is 0 Å². The fourth-order valence-electron chi connectivity index (χ4n) is 4.12. The number of aromatic nitrogens is 4. The predicted octanol–water partition coefficient (Wildman–Crippen LogP) is 3.15. The maximum Gasteiger partial charge on any atom is 0.225 e. The number of fused-ring (bicyclic) bond motifs is 3. The van der Waals surface area contributed by atoms with E-state index in [0.29, 0.717) is 34.4 Å². The van der Waals surface area contributed by atoms with Crippen LogP contribution in [-0.2, 0) is 16.0 Å². The molecule has 0 spiro atoms. The molecule has 33 heavy (non-hydrogen) atoms. The number of terminal acetylenes is 1. The number of halogens is 1. The summed E-state index contributed by atoms with van der Waals surface area (Å²) in [6.07, 6.45) is 12.1. The van der Waals surface area contributed by atoms with Crippen LogP contribution in [0, 0.1) is 31.5 Å². The molecular formula is C24H31FN6O2. The minimum Gasteiger partial charge on any atom is -0.381 e. The van der Waals surface area contributed by atoms with Crippen LogP contribution in [0.2, 0.25) is 0 Å². The van der Waals surface area contributed by atoms with Crippen molar-refractivity contribution in [3.8, 4) is 12.8 Å². The van der Waals surface area contributed by atoms with E-state index in [1.54, 1.807) is 20.1 Å². The normalized spacial score (nSPS) is 18.4. The van der Waals surface area contributed by atoms with Gasteiger partial charge in [-0.05, 0) is 57.2 Å². The molecule has 0 saturated heterocycles. The topological polar surface area (TPSA) is 98.6 Å². The molecule has 4 rings (SSSR count). The Morgan fingerprint density at radius 3 is 2.73 bits per heavy atom. The second-order valence-electron chi connectivity index (χ2n) is 8.57. The number of amides is 1. The molecule has 1 atom stereocenters. The third kappa shape index (κ3) is 4.91. The molecule has 2 aromatic heterocycles. The number of nitrogens with two attached hydrogens (primary N) is 1. The van der Waals surface area contributed by atoms with E-state index in [9.17, 15) is 9.18 Å². The number of rotatable bonds is 7. The number of anilines is 1. The van der Waals surface area contributed by atoms with Gasteiger partial charge in [0.1, 0.15) is 5.82 Å². The van der Waals surface area contributed by atoms with Gasteiger partial charge in [-0.1, -0.05) is 0 Å². The summed E-state index contributed by atoms with van der Waals surface area (Å²) in [4.78, 5) is 23.3. The van der Waals surface area contributed by atoms with Crippen LogP contribution in [0.25, 0.3) is 16.6 Å². The van der Waals surface area contributed by atoms with E-state index in [4.69, 9.17) is 10.5 Å². The summed E-state index contributed by atoms with van der Waals surface area (Å²) in [5.41, 5.74) is 7.66. The molecular weight excluding hydrogens is 423 g/mol. The van der Waals surface area contributed by atoms with Crippen LogP contribution >= 0.6 is 0 Å². The minimum atomic E-state index is -0.310. The molecule has 1 saturated carbocycles. The number of benzene rings is 1. The number of hydrogen-bond donors (Lipinski definition) is 1. The van der Waals surface area contributed by atoms with Crippen LogP contribution in [0.5, 0.6) is 0 Å². The number of hydrogen-bond acceptors (Lipinski definition) is 6. The molecule has 1 aliphatic carbocycles. The summed E-state index contributed by atoms with van der Waals surface area (Å²) < 4.78 is 20.8. The summed E-state index contributed by atoms with van der Waals surface area (Å²) in [5, 5.41) is 5.05. The van der Waals surface area contributed by atoms with Gasteiger partial charge in [-0.3, -0.25) is 4.79 Å². The molecule has 8 nitrogen and oxygen atoms in total. The zero-order chi connectivity index (χ0) is 24.3. The quantitative estimate of drug-likeness (QED) is 0.551. The average Bonchev–Trinajstić information content (AvgIpc) is 3.20. The van der Waals surface area contributed by atoms with E-state index in [1.807, 2.05) is 11.9 Å². The smallest absolute Gasteiger partial charge is 0.225 e. The molecule has 2 heterocycles. The molecule has 0 aliphatic heterocycles. The van der Waals surface area contributed by atoms with Gasteiger partial charge >= 0.3 is 0 Å². The number of carbonyl (C=O) groups is 1. The average molecular weight is 455 g/mol. The Morgan fingerprint density at radius 1 is 1.36 bits per heavy atom. The zero-order valence-corrected chi connectivity index (χ0v) is 19.6. The highest BCUT2D eigenvalue weighted by molar-refractivity contribution is 5.92. The highest BCUT2D eigenvalue weighted by Gasteiger charge is 2.36. The monoisotopic (exact) mass is 454 g/mol. The van der Waals surface area contributed by atoms with Gasteiger partial charge in [0, 0.05) is 37.9 Å². The molecule has 0 unspecified atom stereocenters. The van der Waals surface area contributed by atoms with Gasteiger partial charge in [-0.15, -0.1) is 17.9 Å². The third-order valence-corrected chi connectivity index (χ3v) is 6.43. The molecule has 0 radical (unpaired) electrons. The molecule has 1 aliphatic rings. The zero-order valence-electron chi connectivity index (χ0n) is 19.6. The minimum absolute atomic E-state index is 0.0743. The summed E-state index contributed by atoms with van der Waals surface area (Å²) in [5.74, 6) is 0.806. The summed E-state index contributed by atoms with van der Waals surface area (Å²) >= 11 is 0. The summed E-state index contributed by atoms with van der Waals surface area (Å²) in [6.45, 7) is 3.75. The van der Waals surface area contributed by atoms with Gasteiger partial charge in [0.25, 0.3) is 0 Å². The summed E-state index contributed by atoms with van der Waals surface area (Å²) in [6, 6.07) is 3.22. The standard InChI is InChI=1S/C22H29FN6O2.C2H2/c1-12-8-18-16(11-17(12)23)20-26-19(27-29(20)22(24)25-18)7-5-6-13(2)28(3)21(30)14-9-15(10-14)31-4;1-2/h8,11,13-15H,5-7,9-10H2,1-4H3,(H2,24,25);1-2H/t13-,14?,15?;/m0./s1. The first-order valence-electron chi connectivity index (χ1n) is 11.0. The largest absolute Gasteiger partial charge is 0.381 e. The highest BCUT2D eigenvalue weighted by atomic mass is 19.1. The molecule has 1 aromatic carbocycles. The molecule has 176 valence electrons. The van der Waals surface area contributed by atoms with Gasteiger partial charge in [0.2, 0.25) is 11.9 Å². The van der Waals surface area contributed by atoms with Gasteiger partial charge in [-0.25, -0.2) is 14.4 Å². The van der Waals surface area contributed by atoms with E-state index in [2.05, 4.69) is 34.8 Å². The maximum atomic E-state index is 14.1. The second-order valence-corrected chi connectivity index (χ2v) is 8.57. The Balaban J connectivity index is 0.00000149. The van der Waals surface area contributed by atoms with Gasteiger partial charge in [0.05, 0.1) is 11.6 Å². The molecule has 1 fully saturated rings. The number of carbonyl (C=O) groups excluding carboxylic acids is 1. The van der Waals surface area contributed by atoms with Crippen molar-refractivity contribution in [2.24, 2.45) is 5.92 Å². The van der Waals surface area contributed by atoms with Crippen molar-refractivity contribution in [2.45, 2.75) is 58.1 Å². The van der Waals surface area contributed by atoms with Crippen LogP contribution in [-0.4, -0.2) is 56.7 Å². The first-order valence-corrected chi connectivity index (χ1v) is 11.0. The first-order chi connectivity index (χ1) is 15.8. The first kappa shape index (κ1) is 24.4. The van der Waals surface area contributed by atoms with E-state index in [1.165, 1.54) is 10.6 Å². The number of methoxy groups -OCH3 is 1. The fourth-order valence-corrected chi connectivity index (χ4v) is 4.12. The highest BCUT2D eigenvalue weighted by Crippen LogP contribution is 2.31. The van der Waals surface area contributed by atoms with Crippen LogP contribution in [0.3, 0.4) is 0 Å². The Kier molecular flexibility index (Phi) is 7.49. The Morgan fingerprint density at radius 2 is 2.06 bits per heavy atom. The molecule has 2 N–H and O–H groups in total. The van der Waals surface area contributed by atoms with Gasteiger partial charge in [-0.2, -0.15) is 4.52 Å². The van der Waals surface area contributed by atoms with Crippen molar-refractivity contribution in [2.75, 3.05) is 19.9 Å². The van der Waals surface area contributed by atoms with E-state index in [0.717, 1.165) is 25.7 Å². The molecule has 9 heteroatoms. The fraction of sp³-hybridized carbons (Fsp3) is 0.500. The SMILES string of the molecule is C#C.COC1CC(C(=O)N(C)[C@@H](C)CCCc2nc3c4cc(F)c(C)cc4nc(N)n3n2)C1. The maximum absolute atomic E-state index is 14.1. The lowest BCUT2D eigenvalue weighted by Gasteiger charge is -2.37. The van der Waals surface area contributed by atoms with E-state index >= 15 is 0 Å². The molecule has 1 amide bonds. The lowest BCUT2D eigenvalue weighted by atomic mass is 9.81. The van der Waals surface area contributed by atoms with Crippen molar-refractivity contribution < 1.29 is 13.9 Å². The number of aryl methyl sites for hydroxylation is 2. The van der Waals surface area contributed by atoms with Crippen molar-refractivity contribution in [3.63, 3.8) is 0 Å². The van der Waals surface area contributed by atoms with Crippen molar-refractivity contribution in [1.29, 1.82) is 0 Å². The summed E-state index contributed by atoms with van der Waals surface area (Å²) in [7, 11) is 3.56. The molecule has 3 aromatic rings. The van der Waals surface area contributed by atoms with Crippen LogP contribution in [0.1, 0.15) is 44.0 Å². The Labute approximate surface area is 193 Å². The van der Waals surface area contributed by atoms with E-state index in [-0.39, 0.29) is 35.7 Å². The number of nitrogen functional groups attached to an aromatic ring is 1. The van der Waals surface area contributed by atoms with Gasteiger partial charge < -0.3 is 15.4 Å².